The van der Waals surface area contributed by atoms with Gasteiger partial charge in [-0.25, -0.2) is 22.7 Å². The van der Waals surface area contributed by atoms with E-state index in [0.29, 0.717) is 33.2 Å². The number of amides is 1. The lowest BCUT2D eigenvalue weighted by Gasteiger charge is -2.21. The molecule has 4 rings (SSSR count). The molecule has 4 aromatic rings. The quantitative estimate of drug-likeness (QED) is 0.263. The molecule has 1 heterocycles. The summed E-state index contributed by atoms with van der Waals surface area (Å²) in [6, 6.07) is 18.4. The van der Waals surface area contributed by atoms with Crippen LogP contribution in [0, 0.1) is 0 Å². The topological polar surface area (TPSA) is 140 Å². The number of thiol groups is 1. The molecule has 0 aliphatic rings. The van der Waals surface area contributed by atoms with E-state index in [0.717, 1.165) is 4.31 Å². The monoisotopic (exact) mass is 512 g/mol. The van der Waals surface area contributed by atoms with Gasteiger partial charge in [-0.1, -0.05) is 29.8 Å². The number of anilines is 5. The third kappa shape index (κ3) is 5.43. The number of fused-ring (bicyclic) bond motifs is 1. The van der Waals surface area contributed by atoms with Gasteiger partial charge >= 0.3 is 0 Å². The maximum absolute atomic E-state index is 12.5. The van der Waals surface area contributed by atoms with Crippen molar-refractivity contribution < 1.29 is 17.9 Å². The van der Waals surface area contributed by atoms with Gasteiger partial charge in [0.25, 0.3) is 0 Å². The maximum atomic E-state index is 12.5. The molecule has 0 radical (unpaired) electrons. The van der Waals surface area contributed by atoms with Gasteiger partial charge in [-0.3, -0.25) is 4.79 Å². The molecule has 1 amide bonds. The maximum Gasteiger partial charge on any atom is 0.238 e. The van der Waals surface area contributed by atoms with Gasteiger partial charge in [0.15, 0.2) is 11.6 Å². The molecule has 180 valence electrons. The number of nitrogens with zero attached hydrogens (tertiary/aromatic N) is 3. The summed E-state index contributed by atoms with van der Waals surface area (Å²) in [6.07, 6.45) is 0. The summed E-state index contributed by atoms with van der Waals surface area (Å²) in [6.45, 7) is -0.213. The van der Waals surface area contributed by atoms with E-state index in [1.54, 1.807) is 60.7 Å². The van der Waals surface area contributed by atoms with Crippen LogP contribution in [0.3, 0.4) is 0 Å². The van der Waals surface area contributed by atoms with E-state index >= 15 is 0 Å². The first kappa shape index (κ1) is 24.2. The first-order valence-corrected chi connectivity index (χ1v) is 11.8. The van der Waals surface area contributed by atoms with Crippen molar-refractivity contribution in [3.05, 3.63) is 71.8 Å². The summed E-state index contributed by atoms with van der Waals surface area (Å²) in [7, 11) is -1.70. The first-order chi connectivity index (χ1) is 16.9. The van der Waals surface area contributed by atoms with Gasteiger partial charge in [0.05, 0.1) is 41.1 Å². The van der Waals surface area contributed by atoms with Crippen LogP contribution in [-0.4, -0.2) is 37.9 Å². The number of halogens is 1. The van der Waals surface area contributed by atoms with Crippen molar-refractivity contribution in [3.8, 4) is 5.75 Å². The second-order valence-corrected chi connectivity index (χ2v) is 8.49. The highest BCUT2D eigenvalue weighted by Gasteiger charge is 2.22. The van der Waals surface area contributed by atoms with Crippen LogP contribution in [0.25, 0.3) is 11.0 Å². The molecule has 0 unspecified atom stereocenters. The molecule has 35 heavy (non-hydrogen) atoms. The van der Waals surface area contributed by atoms with E-state index in [-0.39, 0.29) is 23.9 Å². The molecule has 0 fully saturated rings. The van der Waals surface area contributed by atoms with Crippen LogP contribution >= 0.6 is 11.6 Å². The zero-order valence-electron chi connectivity index (χ0n) is 18.4. The summed E-state index contributed by atoms with van der Waals surface area (Å²) in [5.41, 5.74) is 7.46. The van der Waals surface area contributed by atoms with E-state index in [9.17, 15) is 13.2 Å². The fraction of sp³-hybridized carbons (Fsp3) is 0.0870. The molecular formula is C23H21ClN6O4S. The number of nitrogens with one attached hydrogen (secondary N) is 2. The third-order valence-electron chi connectivity index (χ3n) is 4.90. The number of ether oxygens (including phenoxy) is 1. The Balaban J connectivity index is 1.87. The molecule has 0 spiro atoms. The number of aromatic nitrogens is 2. The van der Waals surface area contributed by atoms with Crippen LogP contribution in [0.2, 0.25) is 5.02 Å². The average molecular weight is 513 g/mol. The van der Waals surface area contributed by atoms with Crippen LogP contribution < -0.4 is 25.4 Å². The second kappa shape index (κ2) is 10.6. The van der Waals surface area contributed by atoms with Crippen LogP contribution in [-0.2, 0) is 15.7 Å². The van der Waals surface area contributed by atoms with E-state index in [4.69, 9.17) is 22.1 Å². The molecule has 4 N–H and O–H groups in total. The van der Waals surface area contributed by atoms with Gasteiger partial charge in [-0.05, 0) is 42.5 Å². The third-order valence-corrected chi connectivity index (χ3v) is 5.98. The first-order valence-electron chi connectivity index (χ1n) is 10.3. The fourth-order valence-electron chi connectivity index (χ4n) is 3.30. The molecule has 1 aromatic heterocycles. The van der Waals surface area contributed by atoms with Gasteiger partial charge < -0.3 is 21.1 Å². The predicted molar refractivity (Wildman–Crippen MR) is 137 cm³/mol. The number of methoxy groups -OCH3 is 1. The Hall–Kier alpha value is -3.93. The molecule has 0 aliphatic heterocycles. The molecule has 0 atom stereocenters. The van der Waals surface area contributed by atoms with Crippen LogP contribution in [0.1, 0.15) is 0 Å². The number of hydrogen-bond acceptors (Lipinski definition) is 8. The highest BCUT2D eigenvalue weighted by atomic mass is 35.5. The number of hydrogen-bond donors (Lipinski definition) is 4. The number of rotatable bonds is 8. The molecule has 3 aromatic carbocycles. The largest absolute Gasteiger partial charge is 0.497 e. The van der Waals surface area contributed by atoms with Gasteiger partial charge in [0, 0.05) is 11.8 Å². The standard InChI is InChI=1S/C23H21ClN6O4S/c1-34-16-9-10-17(24)20(12-16)28-22-23(29-19-8-3-2-7-18(19)27-22)30(35(32)33)15-6-4-5-14(11-15)26-21(31)13-25/h2-12,35H,13,25H2,1H3,(H,26,31)(H,27,28). The van der Waals surface area contributed by atoms with Crippen molar-refractivity contribution >= 4 is 68.1 Å². The highest BCUT2D eigenvalue weighted by molar-refractivity contribution is 7.74. The fourth-order valence-corrected chi connectivity index (χ4v) is 4.07. The Bertz CT molecular complexity index is 1470. The number of benzene rings is 3. The normalized spacial score (nSPS) is 10.9. The lowest BCUT2D eigenvalue weighted by atomic mass is 10.2. The van der Waals surface area contributed by atoms with Crippen molar-refractivity contribution in [1.29, 1.82) is 0 Å². The van der Waals surface area contributed by atoms with E-state index in [1.807, 2.05) is 0 Å². The predicted octanol–water partition coefficient (Wildman–Crippen LogP) is 3.60. The van der Waals surface area contributed by atoms with Crippen molar-refractivity contribution in [2.45, 2.75) is 0 Å². The van der Waals surface area contributed by atoms with Crippen LogP contribution in [0.4, 0.5) is 28.7 Å². The molecule has 0 aliphatic carbocycles. The Labute approximate surface area is 207 Å². The molecule has 10 nitrogen and oxygen atoms in total. The van der Waals surface area contributed by atoms with Crippen LogP contribution in [0.5, 0.6) is 5.75 Å². The Morgan fingerprint density at radius 1 is 1.06 bits per heavy atom. The molecule has 0 saturated heterocycles. The van der Waals surface area contributed by atoms with E-state index in [1.165, 1.54) is 13.2 Å². The highest BCUT2D eigenvalue weighted by Crippen LogP contribution is 2.36. The summed E-state index contributed by atoms with van der Waals surface area (Å²) in [4.78, 5) is 20.9. The Morgan fingerprint density at radius 3 is 2.49 bits per heavy atom. The second-order valence-electron chi connectivity index (χ2n) is 7.21. The number of para-hydroxylation sites is 2. The molecule has 0 bridgehead atoms. The summed E-state index contributed by atoms with van der Waals surface area (Å²) >= 11 is 6.37. The number of nitrogens with two attached hydrogens (primary N) is 1. The van der Waals surface area contributed by atoms with Crippen molar-refractivity contribution in [1.82, 2.24) is 9.97 Å². The summed E-state index contributed by atoms with van der Waals surface area (Å²) in [5.74, 6) is 0.290. The zero-order chi connectivity index (χ0) is 24.9. The molecule has 12 heteroatoms. The van der Waals surface area contributed by atoms with Gasteiger partial charge in [-0.2, -0.15) is 0 Å². The smallest absolute Gasteiger partial charge is 0.238 e. The molecule has 0 saturated carbocycles. The SMILES string of the molecule is COc1ccc(Cl)c(Nc2nc3ccccc3nc2N(c2cccc(NC(=O)CN)c2)[SH](=O)=O)c1. The lowest BCUT2D eigenvalue weighted by Crippen LogP contribution is -2.22. The minimum absolute atomic E-state index is 0.0148. The van der Waals surface area contributed by atoms with E-state index in [2.05, 4.69) is 20.6 Å². The minimum Gasteiger partial charge on any atom is -0.497 e. The molecular weight excluding hydrogens is 492 g/mol. The number of carbonyl (C=O) groups is 1. The Kier molecular flexibility index (Phi) is 7.30. The summed E-state index contributed by atoms with van der Waals surface area (Å²) in [5, 5.41) is 6.07. The number of carbonyl (C=O) groups excluding carboxylic acids is 1. The summed E-state index contributed by atoms with van der Waals surface area (Å²) < 4.78 is 31.3. The van der Waals surface area contributed by atoms with Crippen molar-refractivity contribution in [2.24, 2.45) is 5.73 Å². The van der Waals surface area contributed by atoms with Crippen molar-refractivity contribution in [2.75, 3.05) is 28.6 Å². The van der Waals surface area contributed by atoms with Gasteiger partial charge in [0.1, 0.15) is 5.75 Å². The van der Waals surface area contributed by atoms with Crippen LogP contribution in [0.15, 0.2) is 66.7 Å². The van der Waals surface area contributed by atoms with Crippen molar-refractivity contribution in [3.63, 3.8) is 0 Å². The van der Waals surface area contributed by atoms with E-state index < -0.39 is 16.8 Å². The lowest BCUT2D eigenvalue weighted by molar-refractivity contribution is -0.114. The average Bonchev–Trinajstić information content (AvgIpc) is 2.85. The van der Waals surface area contributed by atoms with Gasteiger partial charge in [0.2, 0.25) is 16.8 Å². The minimum atomic E-state index is -3.22. The Morgan fingerprint density at radius 2 is 1.80 bits per heavy atom. The van der Waals surface area contributed by atoms with Gasteiger partial charge in [-0.15, -0.1) is 0 Å². The zero-order valence-corrected chi connectivity index (χ0v) is 20.1.